The number of amides is 1. The van der Waals surface area contributed by atoms with Gasteiger partial charge in [0.2, 0.25) is 0 Å². The van der Waals surface area contributed by atoms with Gasteiger partial charge >= 0.3 is 0 Å². The molecular formula is C29H35N3O5. The highest BCUT2D eigenvalue weighted by Crippen LogP contribution is 2.40. The van der Waals surface area contributed by atoms with Gasteiger partial charge in [-0.15, -0.1) is 0 Å². The summed E-state index contributed by atoms with van der Waals surface area (Å²) in [5.41, 5.74) is 3.14. The number of carbonyl (C=O) groups excluding carboxylic acids is 2. The Morgan fingerprint density at radius 3 is 2.46 bits per heavy atom. The van der Waals surface area contributed by atoms with Crippen molar-refractivity contribution in [1.82, 2.24) is 9.80 Å². The molecule has 8 heteroatoms. The number of carbonyl (C=O) groups is 2. The summed E-state index contributed by atoms with van der Waals surface area (Å²) >= 11 is 0. The molecule has 4 rings (SSSR count). The number of anilines is 1. The third-order valence-electron chi connectivity index (χ3n) is 6.83. The highest BCUT2D eigenvalue weighted by molar-refractivity contribution is 6.46. The molecule has 2 aromatic rings. The standard InChI is InChI=1S/C29H35N3O5/c1-5-16-37-24-11-8-22(19-20(24)2)27(33)25-26(21-6-9-23(10-7-21)30(3)4)32(29(35)28(25)34)13-12-31-14-17-36-18-15-31/h5-11,19,26,33H,1,12-18H2,2-4H3/t26-/m0/s1. The van der Waals surface area contributed by atoms with Gasteiger partial charge in [-0.05, 0) is 48.4 Å². The molecule has 0 saturated carbocycles. The molecule has 0 bridgehead atoms. The average molecular weight is 506 g/mol. The first kappa shape index (κ1) is 26.4. The molecule has 2 heterocycles. The van der Waals surface area contributed by atoms with Crippen LogP contribution in [0.4, 0.5) is 5.69 Å². The van der Waals surface area contributed by atoms with E-state index >= 15 is 0 Å². The minimum atomic E-state index is -0.686. The number of hydrogen-bond acceptors (Lipinski definition) is 7. The Labute approximate surface area is 218 Å². The minimum absolute atomic E-state index is 0.101. The van der Waals surface area contributed by atoms with Crippen LogP contribution in [0.3, 0.4) is 0 Å². The predicted octanol–water partition coefficient (Wildman–Crippen LogP) is 3.38. The van der Waals surface area contributed by atoms with Crippen molar-refractivity contribution < 1.29 is 24.2 Å². The molecule has 0 radical (unpaired) electrons. The lowest BCUT2D eigenvalue weighted by molar-refractivity contribution is -0.140. The van der Waals surface area contributed by atoms with Crippen LogP contribution in [0.15, 0.2) is 60.7 Å². The first-order valence-electron chi connectivity index (χ1n) is 12.5. The molecule has 8 nitrogen and oxygen atoms in total. The third-order valence-corrected chi connectivity index (χ3v) is 6.83. The van der Waals surface area contributed by atoms with E-state index in [1.807, 2.05) is 50.2 Å². The molecule has 2 fully saturated rings. The topological polar surface area (TPSA) is 82.5 Å². The molecule has 196 valence electrons. The van der Waals surface area contributed by atoms with Gasteiger partial charge in [-0.1, -0.05) is 24.8 Å². The van der Waals surface area contributed by atoms with E-state index in [0.29, 0.717) is 44.2 Å². The van der Waals surface area contributed by atoms with E-state index in [0.717, 1.165) is 29.9 Å². The number of aliphatic hydroxyl groups is 1. The molecular weight excluding hydrogens is 470 g/mol. The number of benzene rings is 2. The average Bonchev–Trinajstić information content (AvgIpc) is 3.16. The van der Waals surface area contributed by atoms with Crippen LogP contribution in [0.2, 0.25) is 0 Å². The summed E-state index contributed by atoms with van der Waals surface area (Å²) in [6, 6.07) is 12.3. The predicted molar refractivity (Wildman–Crippen MR) is 144 cm³/mol. The summed E-state index contributed by atoms with van der Waals surface area (Å²) in [4.78, 5) is 32.4. The zero-order valence-corrected chi connectivity index (χ0v) is 21.8. The number of nitrogens with zero attached hydrogens (tertiary/aromatic N) is 3. The largest absolute Gasteiger partial charge is 0.507 e. The lowest BCUT2D eigenvalue weighted by Gasteiger charge is -2.31. The Morgan fingerprint density at radius 1 is 1.14 bits per heavy atom. The summed E-state index contributed by atoms with van der Waals surface area (Å²) in [5.74, 6) is -0.796. The van der Waals surface area contributed by atoms with E-state index in [4.69, 9.17) is 9.47 Å². The molecule has 1 amide bonds. The number of aliphatic hydroxyl groups excluding tert-OH is 1. The van der Waals surface area contributed by atoms with Crippen molar-refractivity contribution in [2.24, 2.45) is 0 Å². The SMILES string of the molecule is C=CCOc1ccc(C(O)=C2C(=O)C(=O)N(CCN3CCOCC3)[C@H]2c2ccc(N(C)C)cc2)cc1C. The van der Waals surface area contributed by atoms with Gasteiger partial charge in [0, 0.05) is 51.5 Å². The van der Waals surface area contributed by atoms with Crippen molar-refractivity contribution in [3.63, 3.8) is 0 Å². The quantitative estimate of drug-likeness (QED) is 0.242. The Hall–Kier alpha value is -3.62. The lowest BCUT2D eigenvalue weighted by atomic mass is 9.94. The van der Waals surface area contributed by atoms with Crippen LogP contribution < -0.4 is 9.64 Å². The number of morpholine rings is 1. The maximum atomic E-state index is 13.3. The van der Waals surface area contributed by atoms with E-state index in [1.165, 1.54) is 0 Å². The van der Waals surface area contributed by atoms with Gasteiger partial charge in [0.1, 0.15) is 18.1 Å². The molecule has 37 heavy (non-hydrogen) atoms. The second-order valence-electron chi connectivity index (χ2n) is 9.51. The number of ketones is 1. The van der Waals surface area contributed by atoms with Crippen LogP contribution in [0.1, 0.15) is 22.7 Å². The van der Waals surface area contributed by atoms with Gasteiger partial charge < -0.3 is 24.4 Å². The van der Waals surface area contributed by atoms with E-state index in [-0.39, 0.29) is 11.3 Å². The maximum absolute atomic E-state index is 13.3. The molecule has 1 atom stereocenters. The fourth-order valence-corrected chi connectivity index (χ4v) is 4.75. The van der Waals surface area contributed by atoms with E-state index in [1.54, 1.807) is 29.2 Å². The number of rotatable bonds is 9. The second kappa shape index (κ2) is 11.6. The summed E-state index contributed by atoms with van der Waals surface area (Å²) in [6.07, 6.45) is 1.66. The first-order valence-corrected chi connectivity index (χ1v) is 12.5. The normalized spacial score (nSPS) is 19.8. The number of ether oxygens (including phenoxy) is 2. The van der Waals surface area contributed by atoms with Crippen molar-refractivity contribution in [2.45, 2.75) is 13.0 Å². The molecule has 0 aromatic heterocycles. The van der Waals surface area contributed by atoms with Crippen molar-refractivity contribution >= 4 is 23.1 Å². The molecule has 1 N–H and O–H groups in total. The van der Waals surface area contributed by atoms with Crippen LogP contribution in [-0.2, 0) is 14.3 Å². The van der Waals surface area contributed by atoms with Crippen molar-refractivity contribution in [2.75, 3.05) is 65.0 Å². The molecule has 2 saturated heterocycles. The van der Waals surface area contributed by atoms with Crippen LogP contribution in [-0.4, -0.2) is 86.7 Å². The Bertz CT molecular complexity index is 1180. The molecule has 2 aliphatic heterocycles. The number of hydrogen-bond donors (Lipinski definition) is 1. The molecule has 0 unspecified atom stereocenters. The van der Waals surface area contributed by atoms with Gasteiger partial charge in [0.25, 0.3) is 11.7 Å². The van der Waals surface area contributed by atoms with E-state index < -0.39 is 17.7 Å². The Balaban J connectivity index is 1.73. The highest BCUT2D eigenvalue weighted by atomic mass is 16.5. The van der Waals surface area contributed by atoms with Crippen LogP contribution >= 0.6 is 0 Å². The first-order chi connectivity index (χ1) is 17.8. The van der Waals surface area contributed by atoms with E-state index in [9.17, 15) is 14.7 Å². The lowest BCUT2D eigenvalue weighted by Crippen LogP contribution is -2.42. The molecule has 0 spiro atoms. The Kier molecular flexibility index (Phi) is 8.31. The van der Waals surface area contributed by atoms with Gasteiger partial charge in [0.15, 0.2) is 0 Å². The van der Waals surface area contributed by atoms with Gasteiger partial charge in [-0.2, -0.15) is 0 Å². The number of aryl methyl sites for hydroxylation is 1. The van der Waals surface area contributed by atoms with E-state index in [2.05, 4.69) is 11.5 Å². The molecule has 2 aromatic carbocycles. The smallest absolute Gasteiger partial charge is 0.295 e. The number of likely N-dealkylation sites (tertiary alicyclic amines) is 1. The fraction of sp³-hybridized carbons (Fsp3) is 0.379. The van der Waals surface area contributed by atoms with Crippen LogP contribution in [0.5, 0.6) is 5.75 Å². The summed E-state index contributed by atoms with van der Waals surface area (Å²) in [5, 5.41) is 11.4. The molecule has 0 aliphatic carbocycles. The monoisotopic (exact) mass is 505 g/mol. The second-order valence-corrected chi connectivity index (χ2v) is 9.51. The van der Waals surface area contributed by atoms with Gasteiger partial charge in [-0.3, -0.25) is 14.5 Å². The van der Waals surface area contributed by atoms with Crippen molar-refractivity contribution in [1.29, 1.82) is 0 Å². The Morgan fingerprint density at radius 2 is 1.84 bits per heavy atom. The number of Topliss-reactive ketones (excluding diaryl/α,β-unsaturated/α-hetero) is 1. The van der Waals surface area contributed by atoms with Crippen molar-refractivity contribution in [3.8, 4) is 5.75 Å². The van der Waals surface area contributed by atoms with Crippen LogP contribution in [0, 0.1) is 6.92 Å². The zero-order valence-electron chi connectivity index (χ0n) is 21.8. The zero-order chi connectivity index (χ0) is 26.5. The van der Waals surface area contributed by atoms with Crippen LogP contribution in [0.25, 0.3) is 5.76 Å². The van der Waals surface area contributed by atoms with Crippen molar-refractivity contribution in [3.05, 3.63) is 77.4 Å². The minimum Gasteiger partial charge on any atom is -0.507 e. The maximum Gasteiger partial charge on any atom is 0.295 e. The van der Waals surface area contributed by atoms with Gasteiger partial charge in [0.05, 0.1) is 24.8 Å². The fourth-order valence-electron chi connectivity index (χ4n) is 4.75. The summed E-state index contributed by atoms with van der Waals surface area (Å²) in [7, 11) is 3.91. The summed E-state index contributed by atoms with van der Waals surface area (Å²) < 4.78 is 11.1. The highest BCUT2D eigenvalue weighted by Gasteiger charge is 2.46. The third kappa shape index (κ3) is 5.70. The van der Waals surface area contributed by atoms with Gasteiger partial charge in [-0.25, -0.2) is 0 Å². The summed E-state index contributed by atoms with van der Waals surface area (Å²) in [6.45, 7) is 9.76. The molecule has 2 aliphatic rings.